The molecule has 0 bridgehead atoms. The SMILES string of the molecule is COC(=O)[C@H](CO)NCc1cnc2cc(-c3cccc(-c4cccc(-c5ccc(CNC[C@H]6CCC(=O)N6)c(OC)n5)c4Cl)c3Cl)ccn2c1=O. The van der Waals surface area contributed by atoms with Gasteiger partial charge in [0.15, 0.2) is 0 Å². The Morgan fingerprint density at radius 3 is 2.41 bits per heavy atom. The van der Waals surface area contributed by atoms with Crippen LogP contribution < -0.4 is 26.2 Å². The van der Waals surface area contributed by atoms with Crippen molar-refractivity contribution in [3.8, 4) is 39.4 Å². The summed E-state index contributed by atoms with van der Waals surface area (Å²) in [5.74, 6) is -0.0778. The third kappa shape index (κ3) is 7.75. The summed E-state index contributed by atoms with van der Waals surface area (Å²) in [4.78, 5) is 45.7. The van der Waals surface area contributed by atoms with Gasteiger partial charge in [0.05, 0.1) is 42.1 Å². The van der Waals surface area contributed by atoms with E-state index in [4.69, 9.17) is 32.9 Å². The molecule has 0 aliphatic carbocycles. The third-order valence-corrected chi connectivity index (χ3v) is 9.60. The second-order valence-electron chi connectivity index (χ2n) is 12.0. The number of esters is 1. The minimum Gasteiger partial charge on any atom is -0.481 e. The van der Waals surface area contributed by atoms with E-state index in [1.165, 1.54) is 17.7 Å². The molecule has 264 valence electrons. The Labute approximate surface area is 303 Å². The molecule has 4 heterocycles. The van der Waals surface area contributed by atoms with Crippen molar-refractivity contribution in [1.29, 1.82) is 0 Å². The number of pyridine rings is 2. The average molecular weight is 732 g/mol. The molecule has 51 heavy (non-hydrogen) atoms. The van der Waals surface area contributed by atoms with Gasteiger partial charge in [0.25, 0.3) is 5.56 Å². The van der Waals surface area contributed by atoms with Crippen molar-refractivity contribution in [3.05, 3.63) is 105 Å². The summed E-state index contributed by atoms with van der Waals surface area (Å²) in [5, 5.41) is 19.6. The number of nitrogens with zero attached hydrogens (tertiary/aromatic N) is 3. The Hall–Kier alpha value is -4.85. The van der Waals surface area contributed by atoms with Crippen molar-refractivity contribution in [1.82, 2.24) is 30.3 Å². The molecule has 2 atom stereocenters. The third-order valence-electron chi connectivity index (χ3n) is 8.79. The lowest BCUT2D eigenvalue weighted by Gasteiger charge is -2.16. The van der Waals surface area contributed by atoms with E-state index < -0.39 is 18.6 Å². The molecule has 0 unspecified atom stereocenters. The highest BCUT2D eigenvalue weighted by molar-refractivity contribution is 6.39. The Bertz CT molecular complexity index is 2160. The van der Waals surface area contributed by atoms with E-state index in [9.17, 15) is 19.5 Å². The van der Waals surface area contributed by atoms with Gasteiger partial charge < -0.3 is 25.2 Å². The molecule has 1 amide bonds. The Balaban J connectivity index is 1.24. The zero-order chi connectivity index (χ0) is 36.1. The normalized spacial score (nSPS) is 14.8. The van der Waals surface area contributed by atoms with Crippen LogP contribution in [-0.2, 0) is 27.4 Å². The maximum absolute atomic E-state index is 13.2. The monoisotopic (exact) mass is 730 g/mol. The summed E-state index contributed by atoms with van der Waals surface area (Å²) in [6.07, 6.45) is 4.43. The fourth-order valence-corrected chi connectivity index (χ4v) is 6.70. The number of aromatic nitrogens is 3. The molecule has 1 aliphatic heterocycles. The lowest BCUT2D eigenvalue weighted by molar-refractivity contribution is -0.144. The molecule has 3 aromatic heterocycles. The van der Waals surface area contributed by atoms with Crippen LogP contribution in [0.1, 0.15) is 24.0 Å². The number of carbonyl (C=O) groups is 2. The van der Waals surface area contributed by atoms with Crippen LogP contribution in [-0.4, -0.2) is 70.8 Å². The number of halogens is 2. The molecule has 2 aromatic carbocycles. The molecule has 1 aliphatic rings. The number of rotatable bonds is 13. The Morgan fingerprint density at radius 2 is 1.73 bits per heavy atom. The number of aliphatic hydroxyl groups is 1. The minimum atomic E-state index is -0.965. The van der Waals surface area contributed by atoms with Gasteiger partial charge in [0, 0.05) is 72.3 Å². The molecule has 14 heteroatoms. The molecule has 1 saturated heterocycles. The van der Waals surface area contributed by atoms with Gasteiger partial charge in [0.1, 0.15) is 11.7 Å². The van der Waals surface area contributed by atoms with E-state index in [1.807, 2.05) is 48.5 Å². The molecule has 4 N–H and O–H groups in total. The molecule has 1 fully saturated rings. The number of nitrogens with one attached hydrogen (secondary N) is 3. The standard InChI is InChI=1S/C37H36Cl2N6O6/c1-50-35-22(16-40-19-24-10-12-32(47)43-24)9-11-29(44-35)28-8-4-7-27(34(28)39)26-6-3-5-25(33(26)38)21-13-14-45-31(15-21)42-18-23(36(45)48)17-41-30(20-46)37(49)51-2/h3-9,11,13-15,18,24,30,40-41,46H,10,12,16-17,19-20H2,1-2H3,(H,43,47)/t24-,30+/m1/s1. The fourth-order valence-electron chi connectivity index (χ4n) is 6.04. The van der Waals surface area contributed by atoms with Crippen molar-refractivity contribution in [2.24, 2.45) is 0 Å². The summed E-state index contributed by atoms with van der Waals surface area (Å²) < 4.78 is 11.7. The predicted octanol–water partition coefficient (Wildman–Crippen LogP) is 4.40. The summed E-state index contributed by atoms with van der Waals surface area (Å²) in [5.41, 5.74) is 5.49. The largest absolute Gasteiger partial charge is 0.481 e. The van der Waals surface area contributed by atoms with Crippen LogP contribution in [0.3, 0.4) is 0 Å². The van der Waals surface area contributed by atoms with Gasteiger partial charge in [-0.3, -0.25) is 24.1 Å². The summed E-state index contributed by atoms with van der Waals surface area (Å²) >= 11 is 14.1. The van der Waals surface area contributed by atoms with Crippen molar-refractivity contribution in [2.75, 3.05) is 27.4 Å². The predicted molar refractivity (Wildman–Crippen MR) is 195 cm³/mol. The molecular formula is C37H36Cl2N6O6. The molecule has 12 nitrogen and oxygen atoms in total. The van der Waals surface area contributed by atoms with Gasteiger partial charge in [-0.1, -0.05) is 65.7 Å². The van der Waals surface area contributed by atoms with Crippen LogP contribution in [0, 0.1) is 0 Å². The Kier molecular flexibility index (Phi) is 11.3. The summed E-state index contributed by atoms with van der Waals surface area (Å²) in [6, 6.07) is 17.9. The number of aliphatic hydroxyl groups excluding tert-OH is 1. The van der Waals surface area contributed by atoms with E-state index >= 15 is 0 Å². The van der Waals surface area contributed by atoms with Crippen LogP contribution in [0.5, 0.6) is 5.88 Å². The highest BCUT2D eigenvalue weighted by atomic mass is 35.5. The van der Waals surface area contributed by atoms with E-state index in [0.29, 0.717) is 69.0 Å². The quantitative estimate of drug-likeness (QED) is 0.128. The number of hydrogen-bond donors (Lipinski definition) is 4. The van der Waals surface area contributed by atoms with E-state index in [2.05, 4.69) is 25.7 Å². The second kappa shape index (κ2) is 16.0. The first-order chi connectivity index (χ1) is 24.7. The number of amides is 1. The second-order valence-corrected chi connectivity index (χ2v) is 12.8. The smallest absolute Gasteiger partial charge is 0.325 e. The molecule has 0 saturated carbocycles. The lowest BCUT2D eigenvalue weighted by atomic mass is 9.97. The number of hydrogen-bond acceptors (Lipinski definition) is 10. The zero-order valence-corrected chi connectivity index (χ0v) is 29.4. The zero-order valence-electron chi connectivity index (χ0n) is 27.9. The van der Waals surface area contributed by atoms with E-state index in [-0.39, 0.29) is 24.1 Å². The van der Waals surface area contributed by atoms with E-state index in [1.54, 1.807) is 25.4 Å². The van der Waals surface area contributed by atoms with Crippen molar-refractivity contribution < 1.29 is 24.2 Å². The van der Waals surface area contributed by atoms with Crippen molar-refractivity contribution in [2.45, 2.75) is 38.0 Å². The molecular weight excluding hydrogens is 695 g/mol. The van der Waals surface area contributed by atoms with E-state index in [0.717, 1.165) is 23.1 Å². The Morgan fingerprint density at radius 1 is 1.00 bits per heavy atom. The van der Waals surface area contributed by atoms with Gasteiger partial charge >= 0.3 is 5.97 Å². The van der Waals surface area contributed by atoms with Gasteiger partial charge in [-0.2, -0.15) is 0 Å². The minimum absolute atomic E-state index is 0.0105. The van der Waals surface area contributed by atoms with Gasteiger partial charge in [-0.05, 0) is 30.2 Å². The first-order valence-corrected chi connectivity index (χ1v) is 17.0. The summed E-state index contributed by atoms with van der Waals surface area (Å²) in [7, 11) is 2.80. The first kappa shape index (κ1) is 36.0. The number of methoxy groups -OCH3 is 2. The van der Waals surface area contributed by atoms with Crippen molar-refractivity contribution >= 4 is 40.7 Å². The van der Waals surface area contributed by atoms with Crippen LogP contribution in [0.4, 0.5) is 0 Å². The highest BCUT2D eigenvalue weighted by Gasteiger charge is 2.22. The number of ether oxygens (including phenoxy) is 2. The van der Waals surface area contributed by atoms with Crippen LogP contribution >= 0.6 is 23.2 Å². The van der Waals surface area contributed by atoms with Gasteiger partial charge in [-0.25, -0.2) is 9.97 Å². The van der Waals surface area contributed by atoms with Crippen LogP contribution in [0.25, 0.3) is 39.2 Å². The molecule has 0 spiro atoms. The average Bonchev–Trinajstić information content (AvgIpc) is 3.57. The number of fused-ring (bicyclic) bond motifs is 1. The maximum Gasteiger partial charge on any atom is 0.325 e. The highest BCUT2D eigenvalue weighted by Crippen LogP contribution is 2.42. The van der Waals surface area contributed by atoms with Gasteiger partial charge in [-0.15, -0.1) is 0 Å². The number of carbonyl (C=O) groups excluding carboxylic acids is 2. The number of benzene rings is 2. The van der Waals surface area contributed by atoms with Crippen molar-refractivity contribution in [3.63, 3.8) is 0 Å². The van der Waals surface area contributed by atoms with Crippen LogP contribution in [0.15, 0.2) is 77.9 Å². The molecule has 5 aromatic rings. The van der Waals surface area contributed by atoms with Crippen LogP contribution in [0.2, 0.25) is 10.0 Å². The molecule has 6 rings (SSSR count). The summed E-state index contributed by atoms with van der Waals surface area (Å²) in [6.45, 7) is 0.716. The first-order valence-electron chi connectivity index (χ1n) is 16.3. The molecule has 0 radical (unpaired) electrons. The fraction of sp³-hybridized carbons (Fsp3) is 0.270. The van der Waals surface area contributed by atoms with Gasteiger partial charge in [0.2, 0.25) is 11.8 Å². The maximum atomic E-state index is 13.2. The lowest BCUT2D eigenvalue weighted by Crippen LogP contribution is -2.41. The topological polar surface area (TPSA) is 156 Å².